The number of halogens is 1. The summed E-state index contributed by atoms with van der Waals surface area (Å²) in [4.78, 5) is 2.47. The number of ether oxygens (including phenoxy) is 2. The molecule has 0 bridgehead atoms. The summed E-state index contributed by atoms with van der Waals surface area (Å²) in [7, 11) is 2.04. The molecular formula is C16H23ClN2O2. The lowest BCUT2D eigenvalue weighted by Gasteiger charge is -2.32. The minimum Gasteiger partial charge on any atom is -0.489 e. The van der Waals surface area contributed by atoms with Crippen LogP contribution in [0.5, 0.6) is 11.5 Å². The molecule has 0 saturated carbocycles. The number of nitrogens with zero attached hydrogens (tertiary/aromatic N) is 1. The average Bonchev–Trinajstić information content (AvgIpc) is 2.73. The number of rotatable bonds is 3. The Balaban J connectivity index is 1.73. The molecule has 0 aliphatic carbocycles. The minimum absolute atomic E-state index is 0.592. The van der Waals surface area contributed by atoms with Gasteiger partial charge in [-0.1, -0.05) is 11.6 Å². The first-order valence-corrected chi connectivity index (χ1v) is 8.11. The van der Waals surface area contributed by atoms with Crippen molar-refractivity contribution in [3.05, 3.63) is 22.7 Å². The normalized spacial score (nSPS) is 22.9. The van der Waals surface area contributed by atoms with Gasteiger partial charge in [0.1, 0.15) is 0 Å². The van der Waals surface area contributed by atoms with Crippen LogP contribution in [0.15, 0.2) is 12.1 Å². The lowest BCUT2D eigenvalue weighted by atomic mass is 10.0. The van der Waals surface area contributed by atoms with Crippen LogP contribution in [0.2, 0.25) is 5.02 Å². The van der Waals surface area contributed by atoms with Crippen LogP contribution in [0.3, 0.4) is 0 Å². The van der Waals surface area contributed by atoms with Crippen LogP contribution in [0, 0.1) is 0 Å². The maximum Gasteiger partial charge on any atom is 0.179 e. The van der Waals surface area contributed by atoms with Crippen LogP contribution in [-0.2, 0) is 6.54 Å². The van der Waals surface area contributed by atoms with Gasteiger partial charge >= 0.3 is 0 Å². The van der Waals surface area contributed by atoms with Gasteiger partial charge in [-0.15, -0.1) is 0 Å². The lowest BCUT2D eigenvalue weighted by molar-refractivity contribution is 0.187. The number of hydrogen-bond donors (Lipinski definition) is 1. The quantitative estimate of drug-likeness (QED) is 0.931. The van der Waals surface area contributed by atoms with Crippen molar-refractivity contribution < 1.29 is 9.47 Å². The molecule has 4 nitrogen and oxygen atoms in total. The van der Waals surface area contributed by atoms with Gasteiger partial charge in [-0.25, -0.2) is 0 Å². The van der Waals surface area contributed by atoms with Crippen molar-refractivity contribution in [2.75, 3.05) is 33.4 Å². The van der Waals surface area contributed by atoms with E-state index in [1.54, 1.807) is 0 Å². The molecule has 2 aliphatic rings. The second-order valence-electron chi connectivity index (χ2n) is 5.82. The van der Waals surface area contributed by atoms with Crippen molar-refractivity contribution in [3.8, 4) is 11.5 Å². The molecule has 0 radical (unpaired) electrons. The van der Waals surface area contributed by atoms with E-state index in [9.17, 15) is 0 Å². The van der Waals surface area contributed by atoms with Crippen molar-refractivity contribution in [1.82, 2.24) is 10.2 Å². The Kier molecular flexibility index (Phi) is 4.88. The Morgan fingerprint density at radius 3 is 3.00 bits per heavy atom. The zero-order valence-electron chi connectivity index (χ0n) is 12.5. The summed E-state index contributed by atoms with van der Waals surface area (Å²) in [6, 6.07) is 4.68. The fraction of sp³-hybridized carbons (Fsp3) is 0.625. The molecule has 1 atom stereocenters. The molecule has 0 amide bonds. The van der Waals surface area contributed by atoms with Gasteiger partial charge in [-0.05, 0) is 44.1 Å². The molecule has 1 unspecified atom stereocenters. The van der Waals surface area contributed by atoms with Gasteiger partial charge in [0.25, 0.3) is 0 Å². The highest BCUT2D eigenvalue weighted by Gasteiger charge is 2.20. The monoisotopic (exact) mass is 310 g/mol. The number of likely N-dealkylation sites (tertiary alicyclic amines) is 1. The van der Waals surface area contributed by atoms with Gasteiger partial charge in [0.15, 0.2) is 11.5 Å². The Morgan fingerprint density at radius 1 is 1.29 bits per heavy atom. The van der Waals surface area contributed by atoms with Gasteiger partial charge in [-0.2, -0.15) is 0 Å². The second kappa shape index (κ2) is 6.86. The Labute approximate surface area is 131 Å². The summed E-state index contributed by atoms with van der Waals surface area (Å²) in [5.74, 6) is 1.49. The number of nitrogens with one attached hydrogen (secondary N) is 1. The van der Waals surface area contributed by atoms with Crippen LogP contribution in [0.4, 0.5) is 0 Å². The average molecular weight is 311 g/mol. The van der Waals surface area contributed by atoms with Crippen molar-refractivity contribution in [2.24, 2.45) is 0 Å². The molecule has 1 aromatic carbocycles. The summed E-state index contributed by atoms with van der Waals surface area (Å²) in [6.07, 6.45) is 3.40. The van der Waals surface area contributed by atoms with E-state index in [1.165, 1.54) is 18.4 Å². The first-order chi connectivity index (χ1) is 10.3. The summed E-state index contributed by atoms with van der Waals surface area (Å²) < 4.78 is 11.4. The molecule has 1 saturated heterocycles. The van der Waals surface area contributed by atoms with E-state index in [4.69, 9.17) is 21.1 Å². The lowest BCUT2D eigenvalue weighted by Crippen LogP contribution is -2.43. The summed E-state index contributed by atoms with van der Waals surface area (Å²) in [5.41, 5.74) is 1.20. The summed E-state index contributed by atoms with van der Waals surface area (Å²) >= 11 is 6.36. The molecule has 116 valence electrons. The van der Waals surface area contributed by atoms with E-state index in [1.807, 2.05) is 13.1 Å². The number of fused-ring (bicyclic) bond motifs is 1. The van der Waals surface area contributed by atoms with Crippen LogP contribution in [0.25, 0.3) is 0 Å². The third-order valence-corrected chi connectivity index (χ3v) is 4.46. The molecule has 0 aromatic heterocycles. The summed E-state index contributed by atoms with van der Waals surface area (Å²) in [6.45, 7) is 4.50. The fourth-order valence-electron chi connectivity index (χ4n) is 3.07. The molecule has 5 heteroatoms. The molecule has 3 rings (SSSR count). The van der Waals surface area contributed by atoms with E-state index in [-0.39, 0.29) is 0 Å². The molecule has 1 N–H and O–H groups in total. The first kappa shape index (κ1) is 14.9. The molecular weight excluding hydrogens is 288 g/mol. The van der Waals surface area contributed by atoms with Gasteiger partial charge in [0, 0.05) is 25.6 Å². The highest BCUT2D eigenvalue weighted by atomic mass is 35.5. The van der Waals surface area contributed by atoms with E-state index >= 15 is 0 Å². The maximum atomic E-state index is 6.36. The topological polar surface area (TPSA) is 33.7 Å². The predicted octanol–water partition coefficient (Wildman–Crippen LogP) is 2.69. The van der Waals surface area contributed by atoms with E-state index in [2.05, 4.69) is 16.3 Å². The van der Waals surface area contributed by atoms with Crippen molar-refractivity contribution in [1.29, 1.82) is 0 Å². The SMILES string of the molecule is CNC1CCCN(Cc2cc(Cl)c3c(c2)OCCCO3)C1. The second-order valence-corrected chi connectivity index (χ2v) is 6.23. The van der Waals surface area contributed by atoms with Crippen molar-refractivity contribution in [3.63, 3.8) is 0 Å². The minimum atomic E-state index is 0.592. The standard InChI is InChI=1S/C16H23ClN2O2/c1-18-13-4-2-5-19(11-13)10-12-8-14(17)16-15(9-12)20-6-3-7-21-16/h8-9,13,18H,2-7,10-11H2,1H3. The number of hydrogen-bond acceptors (Lipinski definition) is 4. The zero-order valence-corrected chi connectivity index (χ0v) is 13.3. The Morgan fingerprint density at radius 2 is 2.14 bits per heavy atom. The van der Waals surface area contributed by atoms with Crippen LogP contribution in [0.1, 0.15) is 24.8 Å². The number of benzene rings is 1. The third kappa shape index (κ3) is 3.62. The molecule has 0 spiro atoms. The van der Waals surface area contributed by atoms with Gasteiger partial charge in [-0.3, -0.25) is 4.90 Å². The van der Waals surface area contributed by atoms with Gasteiger partial charge in [0.05, 0.1) is 18.2 Å². The highest BCUT2D eigenvalue weighted by molar-refractivity contribution is 6.32. The molecule has 1 fully saturated rings. The molecule has 21 heavy (non-hydrogen) atoms. The maximum absolute atomic E-state index is 6.36. The predicted molar refractivity (Wildman–Crippen MR) is 84.4 cm³/mol. The Hall–Kier alpha value is -0.970. The fourth-order valence-corrected chi connectivity index (χ4v) is 3.36. The van der Waals surface area contributed by atoms with Crippen LogP contribution in [-0.4, -0.2) is 44.3 Å². The van der Waals surface area contributed by atoms with Crippen LogP contribution >= 0.6 is 11.6 Å². The third-order valence-electron chi connectivity index (χ3n) is 4.18. The van der Waals surface area contributed by atoms with Crippen LogP contribution < -0.4 is 14.8 Å². The highest BCUT2D eigenvalue weighted by Crippen LogP contribution is 2.38. The van der Waals surface area contributed by atoms with Crippen molar-refractivity contribution in [2.45, 2.75) is 31.8 Å². The largest absolute Gasteiger partial charge is 0.489 e. The summed E-state index contributed by atoms with van der Waals surface area (Å²) in [5, 5.41) is 4.04. The van der Waals surface area contributed by atoms with E-state index in [0.717, 1.165) is 31.8 Å². The number of piperidine rings is 1. The zero-order chi connectivity index (χ0) is 14.7. The molecule has 2 aliphatic heterocycles. The molecule has 2 heterocycles. The Bertz CT molecular complexity index is 495. The first-order valence-electron chi connectivity index (χ1n) is 7.74. The van der Waals surface area contributed by atoms with Gasteiger partial charge < -0.3 is 14.8 Å². The van der Waals surface area contributed by atoms with E-state index in [0.29, 0.717) is 30.0 Å². The molecule has 1 aromatic rings. The smallest absolute Gasteiger partial charge is 0.179 e. The van der Waals surface area contributed by atoms with Gasteiger partial charge in [0.2, 0.25) is 0 Å². The number of likely N-dealkylation sites (N-methyl/N-ethyl adjacent to an activating group) is 1. The van der Waals surface area contributed by atoms with E-state index < -0.39 is 0 Å². The van der Waals surface area contributed by atoms with Crippen molar-refractivity contribution >= 4 is 11.6 Å².